The van der Waals surface area contributed by atoms with E-state index in [1.54, 1.807) is 4.90 Å². The van der Waals surface area contributed by atoms with Crippen molar-refractivity contribution in [1.82, 2.24) is 9.80 Å². The summed E-state index contributed by atoms with van der Waals surface area (Å²) in [5, 5.41) is 13.1. The SMILES string of the molecule is CC(C)C[C@H]1C(=O)N2C[C@]3(C[C@H]2C#N)C(=O)Nc2ccc(cc23)CCCCCN1C(=O)OCc1ccccc1. The van der Waals surface area contributed by atoms with Crippen molar-refractivity contribution in [2.45, 2.75) is 76.5 Å². The van der Waals surface area contributed by atoms with Gasteiger partial charge >= 0.3 is 6.09 Å². The van der Waals surface area contributed by atoms with Gasteiger partial charge in [-0.1, -0.05) is 62.7 Å². The predicted molar refractivity (Wildman–Crippen MR) is 147 cm³/mol. The van der Waals surface area contributed by atoms with Gasteiger partial charge in [-0.15, -0.1) is 0 Å². The summed E-state index contributed by atoms with van der Waals surface area (Å²) in [4.78, 5) is 44.3. The minimum Gasteiger partial charge on any atom is -0.445 e. The van der Waals surface area contributed by atoms with Crippen LogP contribution < -0.4 is 5.32 Å². The fourth-order valence-electron chi connectivity index (χ4n) is 6.19. The number of amides is 3. The van der Waals surface area contributed by atoms with Gasteiger partial charge in [0.15, 0.2) is 0 Å². The number of carbonyl (C=O) groups excluding carboxylic acids is 3. The highest BCUT2D eigenvalue weighted by atomic mass is 16.6. The van der Waals surface area contributed by atoms with Crippen molar-refractivity contribution < 1.29 is 19.1 Å². The molecule has 3 aliphatic heterocycles. The molecule has 1 fully saturated rings. The van der Waals surface area contributed by atoms with Crippen LogP contribution in [0.15, 0.2) is 48.5 Å². The maximum atomic E-state index is 14.3. The van der Waals surface area contributed by atoms with E-state index in [1.807, 2.05) is 56.3 Å². The molecule has 1 saturated heterocycles. The highest BCUT2D eigenvalue weighted by molar-refractivity contribution is 6.07. The van der Waals surface area contributed by atoms with Gasteiger partial charge in [-0.2, -0.15) is 5.26 Å². The zero-order valence-corrected chi connectivity index (χ0v) is 22.7. The maximum absolute atomic E-state index is 14.3. The summed E-state index contributed by atoms with van der Waals surface area (Å²) in [6.07, 6.45) is 3.55. The molecule has 1 N–H and O–H groups in total. The van der Waals surface area contributed by atoms with Crippen LogP contribution in [0.2, 0.25) is 0 Å². The molecule has 0 saturated carbocycles. The third-order valence-corrected chi connectivity index (χ3v) is 8.23. The summed E-state index contributed by atoms with van der Waals surface area (Å²) in [7, 11) is 0. The number of aryl methyl sites for hydroxylation is 1. The van der Waals surface area contributed by atoms with Crippen molar-refractivity contribution in [3.05, 3.63) is 65.2 Å². The van der Waals surface area contributed by atoms with Gasteiger partial charge in [0.2, 0.25) is 11.8 Å². The van der Waals surface area contributed by atoms with E-state index in [-0.39, 0.29) is 37.3 Å². The van der Waals surface area contributed by atoms with E-state index in [9.17, 15) is 19.6 Å². The number of nitrogens with zero attached hydrogens (tertiary/aromatic N) is 3. The Morgan fingerprint density at radius 1 is 1.15 bits per heavy atom. The Kier molecular flexibility index (Phi) is 7.60. The second-order valence-electron chi connectivity index (χ2n) is 11.4. The first-order chi connectivity index (χ1) is 18.8. The Morgan fingerprint density at radius 2 is 1.95 bits per heavy atom. The van der Waals surface area contributed by atoms with Gasteiger partial charge in [0, 0.05) is 25.2 Å². The van der Waals surface area contributed by atoms with Crippen molar-refractivity contribution in [3.8, 4) is 6.07 Å². The summed E-state index contributed by atoms with van der Waals surface area (Å²) in [5.41, 5.74) is 2.67. The minimum atomic E-state index is -0.966. The number of carbonyl (C=O) groups is 3. The Hall–Kier alpha value is -3.86. The summed E-state index contributed by atoms with van der Waals surface area (Å²) >= 11 is 0. The molecule has 2 aromatic carbocycles. The van der Waals surface area contributed by atoms with Crippen molar-refractivity contribution in [2.75, 3.05) is 18.4 Å². The second kappa shape index (κ2) is 11.1. The molecule has 204 valence electrons. The van der Waals surface area contributed by atoms with Crippen LogP contribution in [-0.4, -0.2) is 52.9 Å². The van der Waals surface area contributed by atoms with E-state index in [1.165, 1.54) is 4.90 Å². The second-order valence-corrected chi connectivity index (χ2v) is 11.4. The standard InChI is InChI=1S/C31H36N4O4/c1-21(2)15-27-28(36)35-20-31(17-24(35)18-32)25-16-22(12-13-26(25)33-29(31)37)9-7-4-8-14-34(27)30(38)39-19-23-10-5-3-6-11-23/h3,5-6,10-13,16,21,24,27H,4,7-9,14-15,17,19-20H2,1-2H3,(H,33,37)/t24-,27-,31-/m0/s1. The third-order valence-electron chi connectivity index (χ3n) is 8.23. The van der Waals surface area contributed by atoms with Gasteiger partial charge in [-0.3, -0.25) is 14.5 Å². The lowest BCUT2D eigenvalue weighted by molar-refractivity contribution is -0.137. The number of anilines is 1. The molecular weight excluding hydrogens is 492 g/mol. The molecule has 0 aromatic heterocycles. The summed E-state index contributed by atoms with van der Waals surface area (Å²) in [5.74, 6) is -0.340. The molecule has 2 aromatic rings. The predicted octanol–water partition coefficient (Wildman–Crippen LogP) is 4.78. The number of ether oxygens (including phenoxy) is 1. The molecule has 1 spiro atoms. The number of hydrogen-bond donors (Lipinski definition) is 1. The highest BCUT2D eigenvalue weighted by Gasteiger charge is 2.57. The van der Waals surface area contributed by atoms with Gasteiger partial charge in [0.05, 0.1) is 11.5 Å². The van der Waals surface area contributed by atoms with Crippen LogP contribution >= 0.6 is 0 Å². The Bertz CT molecular complexity index is 1290. The molecule has 3 amide bonds. The van der Waals surface area contributed by atoms with Gasteiger partial charge in [0.25, 0.3) is 0 Å². The molecule has 8 heteroatoms. The fourth-order valence-corrected chi connectivity index (χ4v) is 6.19. The van der Waals surface area contributed by atoms with Crippen LogP contribution in [0.4, 0.5) is 10.5 Å². The van der Waals surface area contributed by atoms with Crippen molar-refractivity contribution in [3.63, 3.8) is 0 Å². The van der Waals surface area contributed by atoms with Crippen LogP contribution in [0, 0.1) is 17.2 Å². The van der Waals surface area contributed by atoms with E-state index in [4.69, 9.17) is 4.74 Å². The fraction of sp³-hybridized carbons (Fsp3) is 0.484. The van der Waals surface area contributed by atoms with Gasteiger partial charge in [0.1, 0.15) is 18.7 Å². The normalized spacial score (nSPS) is 24.8. The zero-order chi connectivity index (χ0) is 27.6. The summed E-state index contributed by atoms with van der Waals surface area (Å²) < 4.78 is 5.72. The van der Waals surface area contributed by atoms with Crippen LogP contribution in [0.1, 0.15) is 62.6 Å². The smallest absolute Gasteiger partial charge is 0.410 e. The number of fused-ring (bicyclic) bond motifs is 2. The van der Waals surface area contributed by atoms with E-state index >= 15 is 0 Å². The molecule has 5 rings (SSSR count). The average Bonchev–Trinajstić information content (AvgIpc) is 3.45. The topological polar surface area (TPSA) is 103 Å². The van der Waals surface area contributed by atoms with E-state index < -0.39 is 23.6 Å². The highest BCUT2D eigenvalue weighted by Crippen LogP contribution is 2.47. The first kappa shape index (κ1) is 26.7. The molecule has 4 bridgehead atoms. The number of nitrogens with one attached hydrogen (secondary N) is 1. The number of rotatable bonds is 4. The number of hydrogen-bond acceptors (Lipinski definition) is 5. The first-order valence-electron chi connectivity index (χ1n) is 13.9. The van der Waals surface area contributed by atoms with E-state index in [0.717, 1.165) is 48.1 Å². The van der Waals surface area contributed by atoms with Gasteiger partial charge in [-0.25, -0.2) is 4.79 Å². The molecular formula is C31H36N4O4. The lowest BCUT2D eigenvalue weighted by Crippen LogP contribution is -2.53. The lowest BCUT2D eigenvalue weighted by Gasteiger charge is -2.35. The number of nitriles is 1. The Balaban J connectivity index is 1.50. The average molecular weight is 529 g/mol. The maximum Gasteiger partial charge on any atom is 0.410 e. The molecule has 3 heterocycles. The Labute approximate surface area is 229 Å². The molecule has 3 atom stereocenters. The monoisotopic (exact) mass is 528 g/mol. The van der Waals surface area contributed by atoms with E-state index in [0.29, 0.717) is 13.0 Å². The third kappa shape index (κ3) is 5.23. The number of benzene rings is 2. The lowest BCUT2D eigenvalue weighted by atomic mass is 9.79. The van der Waals surface area contributed by atoms with Gasteiger partial charge in [-0.05, 0) is 54.4 Å². The summed E-state index contributed by atoms with van der Waals surface area (Å²) in [6, 6.07) is 16.3. The zero-order valence-electron chi connectivity index (χ0n) is 22.7. The van der Waals surface area contributed by atoms with Gasteiger partial charge < -0.3 is 15.0 Å². The first-order valence-corrected chi connectivity index (χ1v) is 13.9. The van der Waals surface area contributed by atoms with Crippen molar-refractivity contribution in [2.24, 2.45) is 5.92 Å². The van der Waals surface area contributed by atoms with Crippen LogP contribution in [-0.2, 0) is 32.8 Å². The van der Waals surface area contributed by atoms with Crippen molar-refractivity contribution >= 4 is 23.6 Å². The van der Waals surface area contributed by atoms with Crippen molar-refractivity contribution in [1.29, 1.82) is 5.26 Å². The molecule has 0 aliphatic carbocycles. The van der Waals surface area contributed by atoms with E-state index in [2.05, 4.69) is 17.5 Å². The molecule has 0 radical (unpaired) electrons. The molecule has 0 unspecified atom stereocenters. The Morgan fingerprint density at radius 3 is 2.69 bits per heavy atom. The molecule has 8 nitrogen and oxygen atoms in total. The van der Waals surface area contributed by atoms with Crippen LogP contribution in [0.5, 0.6) is 0 Å². The largest absolute Gasteiger partial charge is 0.445 e. The van der Waals surface area contributed by atoms with Crippen LogP contribution in [0.3, 0.4) is 0 Å². The molecule has 3 aliphatic rings. The quantitative estimate of drug-likeness (QED) is 0.615. The summed E-state index contributed by atoms with van der Waals surface area (Å²) in [6.45, 7) is 4.65. The molecule has 39 heavy (non-hydrogen) atoms. The van der Waals surface area contributed by atoms with Crippen LogP contribution in [0.25, 0.3) is 0 Å². The minimum absolute atomic E-state index is 0.115.